The van der Waals surface area contributed by atoms with E-state index in [9.17, 15) is 0 Å². The van der Waals surface area contributed by atoms with E-state index in [-0.39, 0.29) is 0 Å². The lowest BCUT2D eigenvalue weighted by molar-refractivity contribution is 0.246. The minimum Gasteiger partial charge on any atom is -0.497 e. The maximum atomic E-state index is 6.26. The van der Waals surface area contributed by atoms with Crippen LogP contribution in [0.2, 0.25) is 5.02 Å². The minimum absolute atomic E-state index is 0.451. The van der Waals surface area contributed by atoms with Gasteiger partial charge in [0, 0.05) is 28.4 Å². The van der Waals surface area contributed by atoms with Crippen LogP contribution in [0.3, 0.4) is 0 Å². The Labute approximate surface area is 171 Å². The molecule has 148 valence electrons. The Morgan fingerprint density at radius 3 is 2.68 bits per heavy atom. The van der Waals surface area contributed by atoms with E-state index < -0.39 is 0 Å². The third kappa shape index (κ3) is 3.89. The van der Waals surface area contributed by atoms with Gasteiger partial charge in [-0.25, -0.2) is 4.98 Å². The van der Waals surface area contributed by atoms with Gasteiger partial charge in [-0.15, -0.1) is 0 Å². The fourth-order valence-electron chi connectivity index (χ4n) is 4.45. The summed E-state index contributed by atoms with van der Waals surface area (Å²) in [5, 5.41) is 6.85. The number of pyridine rings is 1. The van der Waals surface area contributed by atoms with E-state index in [1.807, 2.05) is 24.3 Å². The first-order valence-corrected chi connectivity index (χ1v) is 10.4. The molecule has 2 unspecified atom stereocenters. The van der Waals surface area contributed by atoms with Gasteiger partial charge in [-0.3, -0.25) is 0 Å². The number of methoxy groups -OCH3 is 1. The summed E-state index contributed by atoms with van der Waals surface area (Å²) in [7, 11) is 6.03. The molecule has 4 rings (SSSR count). The predicted molar refractivity (Wildman–Crippen MR) is 119 cm³/mol. The van der Waals surface area contributed by atoms with Crippen molar-refractivity contribution >= 4 is 39.1 Å². The van der Waals surface area contributed by atoms with Gasteiger partial charge >= 0.3 is 0 Å². The number of hydrogen-bond donors (Lipinski definition) is 1. The van der Waals surface area contributed by atoms with Crippen molar-refractivity contribution in [2.24, 2.45) is 5.92 Å². The van der Waals surface area contributed by atoms with Gasteiger partial charge in [0.1, 0.15) is 5.75 Å². The molecule has 2 atom stereocenters. The fraction of sp³-hybridized carbons (Fsp3) is 0.435. The van der Waals surface area contributed by atoms with E-state index in [2.05, 4.69) is 36.4 Å². The summed E-state index contributed by atoms with van der Waals surface area (Å²) in [6.07, 6.45) is 5.06. The largest absolute Gasteiger partial charge is 0.497 e. The number of anilines is 1. The van der Waals surface area contributed by atoms with E-state index >= 15 is 0 Å². The van der Waals surface area contributed by atoms with Crippen LogP contribution < -0.4 is 10.1 Å². The number of rotatable bonds is 5. The molecule has 0 radical (unpaired) electrons. The highest BCUT2D eigenvalue weighted by Gasteiger charge is 2.26. The molecule has 1 aliphatic carbocycles. The van der Waals surface area contributed by atoms with Crippen molar-refractivity contribution in [1.29, 1.82) is 0 Å². The summed E-state index contributed by atoms with van der Waals surface area (Å²) in [6, 6.07) is 12.5. The number of halogens is 1. The molecule has 1 saturated carbocycles. The highest BCUT2D eigenvalue weighted by molar-refractivity contribution is 6.31. The molecule has 0 aliphatic heterocycles. The Morgan fingerprint density at radius 2 is 1.89 bits per heavy atom. The van der Waals surface area contributed by atoms with E-state index in [1.165, 1.54) is 25.7 Å². The van der Waals surface area contributed by atoms with Crippen LogP contribution in [0.1, 0.15) is 25.7 Å². The van der Waals surface area contributed by atoms with Crippen molar-refractivity contribution in [2.75, 3.05) is 33.1 Å². The second-order valence-electron chi connectivity index (χ2n) is 8.09. The number of nitrogens with one attached hydrogen (secondary N) is 1. The second-order valence-corrected chi connectivity index (χ2v) is 8.53. The Kier molecular flexibility index (Phi) is 5.61. The van der Waals surface area contributed by atoms with E-state index in [4.69, 9.17) is 21.3 Å². The molecule has 0 spiro atoms. The third-order valence-corrected chi connectivity index (χ3v) is 6.02. The zero-order valence-corrected chi connectivity index (χ0v) is 17.6. The van der Waals surface area contributed by atoms with Crippen molar-refractivity contribution in [2.45, 2.75) is 31.7 Å². The highest BCUT2D eigenvalue weighted by atomic mass is 35.5. The van der Waals surface area contributed by atoms with Crippen molar-refractivity contribution < 1.29 is 4.74 Å². The van der Waals surface area contributed by atoms with E-state index in [0.717, 1.165) is 39.8 Å². The van der Waals surface area contributed by atoms with Gasteiger partial charge in [-0.1, -0.05) is 24.4 Å². The summed E-state index contributed by atoms with van der Waals surface area (Å²) >= 11 is 6.26. The summed E-state index contributed by atoms with van der Waals surface area (Å²) < 4.78 is 5.49. The third-order valence-electron chi connectivity index (χ3n) is 5.78. The van der Waals surface area contributed by atoms with Crippen molar-refractivity contribution in [3.63, 3.8) is 0 Å². The molecule has 0 amide bonds. The van der Waals surface area contributed by atoms with Gasteiger partial charge in [-0.05, 0) is 69.3 Å². The van der Waals surface area contributed by atoms with Gasteiger partial charge in [0.25, 0.3) is 0 Å². The van der Waals surface area contributed by atoms with Gasteiger partial charge in [0.2, 0.25) is 0 Å². The molecule has 3 aromatic rings. The summed E-state index contributed by atoms with van der Waals surface area (Å²) in [4.78, 5) is 7.15. The number of nitrogens with zero attached hydrogens (tertiary/aromatic N) is 2. The van der Waals surface area contributed by atoms with Crippen molar-refractivity contribution in [1.82, 2.24) is 9.88 Å². The number of benzene rings is 2. The van der Waals surface area contributed by atoms with Crippen LogP contribution in [-0.2, 0) is 0 Å². The smallest absolute Gasteiger partial charge is 0.119 e. The Hall–Kier alpha value is -2.04. The molecular formula is C23H28ClN3O. The van der Waals surface area contributed by atoms with E-state index in [1.54, 1.807) is 7.11 Å². The summed E-state index contributed by atoms with van der Waals surface area (Å²) in [5.74, 6) is 1.49. The zero-order valence-electron chi connectivity index (χ0n) is 16.8. The SMILES string of the molecule is COc1ccc2nc3cc(Cl)ccc3c(NC3CCCCC3CN(C)C)c2c1. The molecule has 1 N–H and O–H groups in total. The first kappa shape index (κ1) is 19.3. The summed E-state index contributed by atoms with van der Waals surface area (Å²) in [6.45, 7) is 1.10. The van der Waals surface area contributed by atoms with Crippen LogP contribution in [-0.4, -0.2) is 43.7 Å². The maximum absolute atomic E-state index is 6.26. The molecule has 1 heterocycles. The number of hydrogen-bond acceptors (Lipinski definition) is 4. The monoisotopic (exact) mass is 397 g/mol. The average molecular weight is 398 g/mol. The van der Waals surface area contributed by atoms with Gasteiger partial charge in [-0.2, -0.15) is 0 Å². The first-order chi connectivity index (χ1) is 13.5. The molecule has 1 aromatic heterocycles. The minimum atomic E-state index is 0.451. The van der Waals surface area contributed by atoms with Crippen LogP contribution >= 0.6 is 11.6 Å². The van der Waals surface area contributed by atoms with Crippen molar-refractivity contribution in [3.05, 3.63) is 41.4 Å². The van der Waals surface area contributed by atoms with Crippen LogP contribution in [0.25, 0.3) is 21.8 Å². The second kappa shape index (κ2) is 8.14. The number of ether oxygens (including phenoxy) is 1. The molecular weight excluding hydrogens is 370 g/mol. The fourth-order valence-corrected chi connectivity index (χ4v) is 4.62. The average Bonchev–Trinajstić information content (AvgIpc) is 2.68. The highest BCUT2D eigenvalue weighted by Crippen LogP contribution is 2.37. The van der Waals surface area contributed by atoms with E-state index in [0.29, 0.717) is 17.0 Å². The molecule has 0 bridgehead atoms. The molecule has 1 fully saturated rings. The molecule has 1 aliphatic rings. The lowest BCUT2D eigenvalue weighted by atomic mass is 9.83. The Bertz CT molecular complexity index is 988. The lowest BCUT2D eigenvalue weighted by Crippen LogP contribution is -2.38. The molecule has 4 nitrogen and oxygen atoms in total. The van der Waals surface area contributed by atoms with Crippen LogP contribution in [0, 0.1) is 5.92 Å². The van der Waals surface area contributed by atoms with Crippen LogP contribution in [0.15, 0.2) is 36.4 Å². The number of fused-ring (bicyclic) bond motifs is 2. The lowest BCUT2D eigenvalue weighted by Gasteiger charge is -2.35. The van der Waals surface area contributed by atoms with Gasteiger partial charge < -0.3 is 15.0 Å². The first-order valence-electron chi connectivity index (χ1n) is 10.0. The van der Waals surface area contributed by atoms with Gasteiger partial charge in [0.15, 0.2) is 0 Å². The maximum Gasteiger partial charge on any atom is 0.119 e. The molecule has 5 heteroatoms. The standard InChI is InChI=1S/C23H28ClN3O/c1-27(2)14-15-6-4-5-7-20(15)26-23-18-10-8-16(24)12-22(18)25-21-11-9-17(28-3)13-19(21)23/h8-13,15,20H,4-7,14H2,1-3H3,(H,25,26). The van der Waals surface area contributed by atoms with Crippen LogP contribution in [0.5, 0.6) is 5.75 Å². The Balaban J connectivity index is 1.84. The number of aromatic nitrogens is 1. The summed E-state index contributed by atoms with van der Waals surface area (Å²) in [5.41, 5.74) is 3.02. The molecule has 0 saturated heterocycles. The topological polar surface area (TPSA) is 37.4 Å². The van der Waals surface area contributed by atoms with Crippen molar-refractivity contribution in [3.8, 4) is 5.75 Å². The van der Waals surface area contributed by atoms with Gasteiger partial charge in [0.05, 0.1) is 23.8 Å². The predicted octanol–water partition coefficient (Wildman–Crippen LogP) is 5.58. The quantitative estimate of drug-likeness (QED) is 0.570. The Morgan fingerprint density at radius 1 is 1.07 bits per heavy atom. The molecule has 2 aromatic carbocycles. The van der Waals surface area contributed by atoms with Crippen LogP contribution in [0.4, 0.5) is 5.69 Å². The zero-order chi connectivity index (χ0) is 19.7. The normalized spacial score (nSPS) is 20.0. The molecule has 28 heavy (non-hydrogen) atoms.